The van der Waals surface area contributed by atoms with Gasteiger partial charge in [-0.15, -0.1) is 0 Å². The molecular formula is C13H14O4. The van der Waals surface area contributed by atoms with Crippen LogP contribution < -0.4 is 0 Å². The lowest BCUT2D eigenvalue weighted by Gasteiger charge is -2.42. The lowest BCUT2D eigenvalue weighted by molar-refractivity contribution is -0.218. The molecule has 2 aliphatic rings. The first-order valence-corrected chi connectivity index (χ1v) is 5.82. The summed E-state index contributed by atoms with van der Waals surface area (Å²) in [7, 11) is 0. The van der Waals surface area contributed by atoms with E-state index in [2.05, 4.69) is 0 Å². The third-order valence-corrected chi connectivity index (χ3v) is 3.33. The number of esters is 1. The zero-order valence-electron chi connectivity index (χ0n) is 9.28. The van der Waals surface area contributed by atoms with E-state index in [-0.39, 0.29) is 18.5 Å². The van der Waals surface area contributed by atoms with Crippen molar-refractivity contribution in [1.29, 1.82) is 0 Å². The number of hydrogen-bond donors (Lipinski definition) is 1. The van der Waals surface area contributed by atoms with Crippen molar-refractivity contribution in [3.8, 4) is 0 Å². The van der Waals surface area contributed by atoms with Crippen molar-refractivity contribution in [2.75, 3.05) is 0 Å². The molecule has 90 valence electrons. The Kier molecular flexibility index (Phi) is 2.61. The zero-order chi connectivity index (χ0) is 11.8. The van der Waals surface area contributed by atoms with Crippen LogP contribution in [0.2, 0.25) is 0 Å². The summed E-state index contributed by atoms with van der Waals surface area (Å²) in [5.74, 6) is -0.281. The third-order valence-electron chi connectivity index (χ3n) is 3.33. The lowest BCUT2D eigenvalue weighted by atomic mass is 9.90. The van der Waals surface area contributed by atoms with E-state index in [0.717, 1.165) is 5.56 Å². The van der Waals surface area contributed by atoms with Gasteiger partial charge in [-0.2, -0.15) is 0 Å². The molecule has 4 atom stereocenters. The summed E-state index contributed by atoms with van der Waals surface area (Å²) < 4.78 is 10.9. The molecule has 0 aromatic heterocycles. The Hall–Kier alpha value is -1.39. The molecule has 0 saturated carbocycles. The second-order valence-corrected chi connectivity index (χ2v) is 4.55. The molecule has 0 unspecified atom stereocenters. The van der Waals surface area contributed by atoms with Crippen LogP contribution in [0.25, 0.3) is 0 Å². The standard InChI is InChI=1S/C13H14O4/c14-11-7-9-6-10(17-11)12(15)13(16-9)8-4-2-1-3-5-8/h1-5,9-10,12-13,15H,6-7H2/t9-,10-,12+,13-/m1/s1. The van der Waals surface area contributed by atoms with Gasteiger partial charge in [-0.05, 0) is 5.56 Å². The van der Waals surface area contributed by atoms with Crippen LogP contribution in [0.4, 0.5) is 0 Å². The van der Waals surface area contributed by atoms with Crippen molar-refractivity contribution in [2.24, 2.45) is 0 Å². The number of ether oxygens (including phenoxy) is 2. The Balaban J connectivity index is 1.86. The van der Waals surface area contributed by atoms with Crippen LogP contribution in [0.15, 0.2) is 30.3 Å². The van der Waals surface area contributed by atoms with Crippen LogP contribution in [-0.4, -0.2) is 29.4 Å². The van der Waals surface area contributed by atoms with Gasteiger partial charge in [0.25, 0.3) is 0 Å². The molecule has 3 rings (SSSR count). The van der Waals surface area contributed by atoms with Crippen molar-refractivity contribution < 1.29 is 19.4 Å². The van der Waals surface area contributed by atoms with Gasteiger partial charge in [-0.25, -0.2) is 0 Å². The highest BCUT2D eigenvalue weighted by atomic mass is 16.6. The molecule has 0 aliphatic carbocycles. The van der Waals surface area contributed by atoms with Crippen molar-refractivity contribution in [1.82, 2.24) is 0 Å². The maximum Gasteiger partial charge on any atom is 0.308 e. The Labute approximate surface area is 99.2 Å². The van der Waals surface area contributed by atoms with E-state index in [1.807, 2.05) is 30.3 Å². The Bertz CT molecular complexity index is 417. The number of carbonyl (C=O) groups excluding carboxylic acids is 1. The van der Waals surface area contributed by atoms with Gasteiger partial charge in [0.15, 0.2) is 0 Å². The fourth-order valence-corrected chi connectivity index (χ4v) is 2.51. The van der Waals surface area contributed by atoms with E-state index in [0.29, 0.717) is 6.42 Å². The second kappa shape index (κ2) is 4.13. The second-order valence-electron chi connectivity index (χ2n) is 4.55. The molecule has 2 saturated heterocycles. The summed E-state index contributed by atoms with van der Waals surface area (Å²) in [6.07, 6.45) is -0.857. The topological polar surface area (TPSA) is 55.8 Å². The summed E-state index contributed by atoms with van der Waals surface area (Å²) in [6, 6.07) is 9.55. The molecule has 1 aromatic carbocycles. The van der Waals surface area contributed by atoms with E-state index in [4.69, 9.17) is 9.47 Å². The highest BCUT2D eigenvalue weighted by molar-refractivity contribution is 5.71. The molecule has 0 spiro atoms. The van der Waals surface area contributed by atoms with E-state index in [1.165, 1.54) is 0 Å². The number of benzene rings is 1. The van der Waals surface area contributed by atoms with Gasteiger partial charge in [-0.1, -0.05) is 30.3 Å². The molecule has 0 radical (unpaired) electrons. The highest BCUT2D eigenvalue weighted by Gasteiger charge is 2.44. The average Bonchev–Trinajstić information content (AvgIpc) is 2.34. The maximum atomic E-state index is 11.3. The zero-order valence-corrected chi connectivity index (χ0v) is 9.28. The highest BCUT2D eigenvalue weighted by Crippen LogP contribution is 2.37. The van der Waals surface area contributed by atoms with Gasteiger partial charge in [0.2, 0.25) is 0 Å². The van der Waals surface area contributed by atoms with Crippen LogP contribution in [-0.2, 0) is 14.3 Å². The minimum Gasteiger partial charge on any atom is -0.459 e. The molecular weight excluding hydrogens is 220 g/mol. The van der Waals surface area contributed by atoms with Gasteiger partial charge in [0.1, 0.15) is 18.3 Å². The van der Waals surface area contributed by atoms with Crippen molar-refractivity contribution in [3.63, 3.8) is 0 Å². The molecule has 2 fully saturated rings. The molecule has 2 aliphatic heterocycles. The molecule has 1 aromatic rings. The van der Waals surface area contributed by atoms with Gasteiger partial charge >= 0.3 is 5.97 Å². The van der Waals surface area contributed by atoms with E-state index in [9.17, 15) is 9.90 Å². The molecule has 4 heteroatoms. The Morgan fingerprint density at radius 1 is 1.24 bits per heavy atom. The normalized spacial score (nSPS) is 36.4. The monoisotopic (exact) mass is 234 g/mol. The molecule has 4 nitrogen and oxygen atoms in total. The lowest BCUT2D eigenvalue weighted by Crippen LogP contribution is -2.50. The first-order chi connectivity index (χ1) is 8.24. The van der Waals surface area contributed by atoms with Crippen LogP contribution in [0.1, 0.15) is 24.5 Å². The summed E-state index contributed by atoms with van der Waals surface area (Å²) in [5.41, 5.74) is 0.924. The Morgan fingerprint density at radius 3 is 2.76 bits per heavy atom. The molecule has 1 N–H and O–H groups in total. The molecule has 0 amide bonds. The number of rotatable bonds is 1. The predicted octanol–water partition coefficient (Wildman–Crippen LogP) is 1.19. The van der Waals surface area contributed by atoms with Crippen LogP contribution >= 0.6 is 0 Å². The summed E-state index contributed by atoms with van der Waals surface area (Å²) >= 11 is 0. The minimum absolute atomic E-state index is 0.130. The van der Waals surface area contributed by atoms with Gasteiger partial charge in [0.05, 0.1) is 12.5 Å². The number of carbonyl (C=O) groups is 1. The SMILES string of the molecule is O=C1C[C@H]2C[C@@H](O1)[C@H](O)[C@@H](c1ccccc1)O2. The van der Waals surface area contributed by atoms with Crippen molar-refractivity contribution in [2.45, 2.75) is 37.3 Å². The first kappa shape index (κ1) is 10.7. The maximum absolute atomic E-state index is 11.3. The van der Waals surface area contributed by atoms with Crippen molar-refractivity contribution >= 4 is 5.97 Å². The number of aliphatic hydroxyl groups is 1. The number of hydrogen-bond acceptors (Lipinski definition) is 4. The minimum atomic E-state index is -0.780. The smallest absolute Gasteiger partial charge is 0.308 e. The summed E-state index contributed by atoms with van der Waals surface area (Å²) in [6.45, 7) is 0. The van der Waals surface area contributed by atoms with Crippen LogP contribution in [0.3, 0.4) is 0 Å². The molecule has 2 bridgehead atoms. The summed E-state index contributed by atoms with van der Waals surface area (Å²) in [5, 5.41) is 10.1. The van der Waals surface area contributed by atoms with Crippen LogP contribution in [0.5, 0.6) is 0 Å². The van der Waals surface area contributed by atoms with E-state index in [1.54, 1.807) is 0 Å². The number of aliphatic hydroxyl groups excluding tert-OH is 1. The van der Waals surface area contributed by atoms with Crippen LogP contribution in [0, 0.1) is 0 Å². The first-order valence-electron chi connectivity index (χ1n) is 5.82. The third kappa shape index (κ3) is 1.94. The van der Waals surface area contributed by atoms with Gasteiger partial charge in [0, 0.05) is 6.42 Å². The van der Waals surface area contributed by atoms with Crippen molar-refractivity contribution in [3.05, 3.63) is 35.9 Å². The fraction of sp³-hybridized carbons (Fsp3) is 0.462. The number of fused-ring (bicyclic) bond motifs is 2. The van der Waals surface area contributed by atoms with E-state index >= 15 is 0 Å². The van der Waals surface area contributed by atoms with E-state index < -0.39 is 18.3 Å². The van der Waals surface area contributed by atoms with Gasteiger partial charge in [-0.3, -0.25) is 4.79 Å². The predicted molar refractivity (Wildman–Crippen MR) is 59.2 cm³/mol. The van der Waals surface area contributed by atoms with Gasteiger partial charge < -0.3 is 14.6 Å². The summed E-state index contributed by atoms with van der Waals surface area (Å²) in [4.78, 5) is 11.3. The molecule has 17 heavy (non-hydrogen) atoms. The average molecular weight is 234 g/mol. The fourth-order valence-electron chi connectivity index (χ4n) is 2.51. The molecule has 2 heterocycles. The Morgan fingerprint density at radius 2 is 2.00 bits per heavy atom. The quantitative estimate of drug-likeness (QED) is 0.742. The largest absolute Gasteiger partial charge is 0.459 e.